The van der Waals surface area contributed by atoms with Crippen molar-refractivity contribution < 1.29 is 42.8 Å². The molecule has 12 nitrogen and oxygen atoms in total. The lowest BCUT2D eigenvalue weighted by atomic mass is 10.3. The minimum absolute atomic E-state index is 0.177. The molecule has 0 saturated carbocycles. The minimum atomic E-state index is -1.07. The van der Waals surface area contributed by atoms with E-state index in [1.165, 1.54) is 20.8 Å². The van der Waals surface area contributed by atoms with Gasteiger partial charge >= 0.3 is 35.9 Å². The molecule has 0 amide bonds. The molecule has 0 radical (unpaired) electrons. The van der Waals surface area contributed by atoms with Crippen molar-refractivity contribution in [1.29, 1.82) is 0 Å². The van der Waals surface area contributed by atoms with Crippen LogP contribution in [0.15, 0.2) is 36.5 Å². The molecule has 0 N–H and O–H groups in total. The lowest BCUT2D eigenvalue weighted by Gasteiger charge is -2.20. The van der Waals surface area contributed by atoms with Crippen LogP contribution in [-0.2, 0) is 28.6 Å². The number of nitrogens with zero attached hydrogens (tertiary/aromatic N) is 3. The highest BCUT2D eigenvalue weighted by Crippen LogP contribution is 2.21. The van der Waals surface area contributed by atoms with Crippen LogP contribution in [0.4, 0.5) is 0 Å². The van der Waals surface area contributed by atoms with Gasteiger partial charge in [-0.3, -0.25) is 0 Å². The van der Waals surface area contributed by atoms with Crippen molar-refractivity contribution in [3.8, 4) is 18.0 Å². The summed E-state index contributed by atoms with van der Waals surface area (Å²) in [6.45, 7) is 20.2. The van der Waals surface area contributed by atoms with Crippen LogP contribution in [0, 0.1) is 0 Å². The molecule has 1 aromatic rings. The lowest BCUT2D eigenvalue weighted by molar-refractivity contribution is -0.160. The van der Waals surface area contributed by atoms with E-state index in [0.29, 0.717) is 0 Å². The maximum Gasteiger partial charge on any atom is 0.336 e. The number of hydrogen-bond donors (Lipinski definition) is 0. The summed E-state index contributed by atoms with van der Waals surface area (Å²) in [5, 5.41) is 0. The number of carbonyl (C=O) groups excluding carboxylic acids is 3. The number of hydrogen-bond acceptors (Lipinski definition) is 12. The summed E-state index contributed by atoms with van der Waals surface area (Å²) in [6, 6.07) is -0.962. The van der Waals surface area contributed by atoms with Crippen LogP contribution in [0.1, 0.15) is 60.8 Å². The summed E-state index contributed by atoms with van der Waals surface area (Å²) in [6.07, 6.45) is -2.45. The van der Waals surface area contributed by atoms with Crippen LogP contribution in [0.2, 0.25) is 0 Å². The summed E-state index contributed by atoms with van der Waals surface area (Å²) >= 11 is 0. The van der Waals surface area contributed by atoms with Gasteiger partial charge in [0.05, 0.1) is 0 Å². The Morgan fingerprint density at radius 3 is 0.972 bits per heavy atom. The molecular weight excluding hydrogens is 474 g/mol. The van der Waals surface area contributed by atoms with Crippen LogP contribution in [0.5, 0.6) is 18.0 Å². The molecule has 0 aliphatic heterocycles. The Kier molecular flexibility index (Phi) is 12.1. The Hall–Kier alpha value is -3.96. The van der Waals surface area contributed by atoms with Crippen molar-refractivity contribution in [2.75, 3.05) is 0 Å². The number of esters is 3. The molecule has 0 aliphatic carbocycles. The van der Waals surface area contributed by atoms with Crippen LogP contribution in [0.3, 0.4) is 0 Å². The Balaban J connectivity index is 3.27. The molecule has 0 fully saturated rings. The predicted molar refractivity (Wildman–Crippen MR) is 127 cm³/mol. The molecule has 1 heterocycles. The molecular formula is C24H33N3O9. The molecule has 0 spiro atoms. The third-order valence-corrected chi connectivity index (χ3v) is 4.05. The van der Waals surface area contributed by atoms with E-state index < -0.39 is 36.8 Å². The molecule has 1 rings (SSSR count). The summed E-state index contributed by atoms with van der Waals surface area (Å²) in [5.41, 5.74) is 0.530. The van der Waals surface area contributed by atoms with E-state index in [9.17, 15) is 14.4 Å². The Morgan fingerprint density at radius 1 is 0.583 bits per heavy atom. The largest absolute Gasteiger partial charge is 0.423 e. The van der Waals surface area contributed by atoms with Gasteiger partial charge < -0.3 is 28.4 Å². The highest BCUT2D eigenvalue weighted by atomic mass is 16.7. The van der Waals surface area contributed by atoms with Crippen LogP contribution >= 0.6 is 0 Å². The average molecular weight is 508 g/mol. The normalized spacial score (nSPS) is 12.8. The van der Waals surface area contributed by atoms with Crippen LogP contribution in [0.25, 0.3) is 0 Å². The van der Waals surface area contributed by atoms with E-state index in [1.807, 2.05) is 0 Å². The van der Waals surface area contributed by atoms with Crippen molar-refractivity contribution in [2.45, 2.75) is 79.7 Å². The average Bonchev–Trinajstić information content (AvgIpc) is 2.81. The van der Waals surface area contributed by atoms with Gasteiger partial charge in [-0.1, -0.05) is 40.5 Å². The number of ether oxygens (including phenoxy) is 6. The summed E-state index contributed by atoms with van der Waals surface area (Å²) in [5.74, 6) is -2.00. The second kappa shape index (κ2) is 14.4. The van der Waals surface area contributed by atoms with E-state index in [1.54, 1.807) is 20.8 Å². The van der Waals surface area contributed by atoms with Gasteiger partial charge in [0.15, 0.2) is 0 Å². The highest BCUT2D eigenvalue weighted by Gasteiger charge is 2.23. The third-order valence-electron chi connectivity index (χ3n) is 4.05. The topological polar surface area (TPSA) is 145 Å². The highest BCUT2D eigenvalue weighted by molar-refractivity contribution is 5.87. The van der Waals surface area contributed by atoms with E-state index in [2.05, 4.69) is 34.7 Å². The first kappa shape index (κ1) is 30.1. The molecule has 1 aromatic heterocycles. The quantitative estimate of drug-likeness (QED) is 0.148. The Morgan fingerprint density at radius 2 is 0.806 bits per heavy atom. The van der Waals surface area contributed by atoms with E-state index in [-0.39, 0.29) is 54.0 Å². The maximum atomic E-state index is 11.9. The SMILES string of the molecule is C=C(C)C(=O)OC(CC)Oc1nc(OC(CC)OC(=O)C(=C)C)nc(OC(CC)OC(=O)C(=C)C)n1. The molecule has 36 heavy (non-hydrogen) atoms. The summed E-state index contributed by atoms with van der Waals surface area (Å²) < 4.78 is 32.4. The monoisotopic (exact) mass is 507 g/mol. The van der Waals surface area contributed by atoms with Crippen LogP contribution in [-0.4, -0.2) is 51.7 Å². The number of aromatic nitrogens is 3. The van der Waals surface area contributed by atoms with Gasteiger partial charge in [0, 0.05) is 36.0 Å². The molecule has 3 atom stereocenters. The second-order valence-electron chi connectivity index (χ2n) is 7.61. The fraction of sp³-hybridized carbons (Fsp3) is 0.500. The van der Waals surface area contributed by atoms with Crippen molar-refractivity contribution in [2.24, 2.45) is 0 Å². The smallest absolute Gasteiger partial charge is 0.336 e. The number of rotatable bonds is 15. The first-order chi connectivity index (χ1) is 16.9. The second-order valence-corrected chi connectivity index (χ2v) is 7.61. The van der Waals surface area contributed by atoms with Gasteiger partial charge in [-0.25, -0.2) is 14.4 Å². The first-order valence-electron chi connectivity index (χ1n) is 11.2. The van der Waals surface area contributed by atoms with Crippen molar-refractivity contribution in [3.63, 3.8) is 0 Å². The molecule has 3 unspecified atom stereocenters. The number of carbonyl (C=O) groups is 3. The van der Waals surface area contributed by atoms with Gasteiger partial charge in [0.1, 0.15) is 0 Å². The van der Waals surface area contributed by atoms with Gasteiger partial charge in [-0.05, 0) is 20.8 Å². The Bertz CT molecular complexity index is 857. The molecule has 198 valence electrons. The van der Waals surface area contributed by atoms with Crippen molar-refractivity contribution in [3.05, 3.63) is 36.5 Å². The minimum Gasteiger partial charge on any atom is -0.423 e. The summed E-state index contributed by atoms with van der Waals surface area (Å²) in [7, 11) is 0. The van der Waals surface area contributed by atoms with E-state index in [0.717, 1.165) is 0 Å². The Labute approximate surface area is 210 Å². The third kappa shape index (κ3) is 10.1. The van der Waals surface area contributed by atoms with Crippen molar-refractivity contribution in [1.82, 2.24) is 15.0 Å². The zero-order valence-corrected chi connectivity index (χ0v) is 21.5. The van der Waals surface area contributed by atoms with Crippen molar-refractivity contribution >= 4 is 17.9 Å². The fourth-order valence-electron chi connectivity index (χ4n) is 2.06. The molecule has 0 aliphatic rings. The molecule has 0 aromatic carbocycles. The van der Waals surface area contributed by atoms with Gasteiger partial charge in [0.2, 0.25) is 18.9 Å². The zero-order valence-electron chi connectivity index (χ0n) is 21.5. The zero-order chi connectivity index (χ0) is 27.4. The maximum absolute atomic E-state index is 11.9. The molecule has 0 saturated heterocycles. The van der Waals surface area contributed by atoms with Gasteiger partial charge in [-0.15, -0.1) is 15.0 Å². The molecule has 12 heteroatoms. The standard InChI is InChI=1S/C24H33N3O9/c1-10-16(31-19(28)13(4)5)34-22-25-23(35-17(11-2)32-20(29)14(6)7)27-24(26-22)36-18(12-3)33-21(30)15(8)9/h16-18H,4,6,8,10-12H2,1-3,5,7,9H3. The van der Waals surface area contributed by atoms with Crippen LogP contribution < -0.4 is 14.2 Å². The first-order valence-corrected chi connectivity index (χ1v) is 11.2. The lowest BCUT2D eigenvalue weighted by Crippen LogP contribution is -2.28. The van der Waals surface area contributed by atoms with E-state index >= 15 is 0 Å². The van der Waals surface area contributed by atoms with Gasteiger partial charge in [0.25, 0.3) is 0 Å². The fourth-order valence-corrected chi connectivity index (χ4v) is 2.06. The molecule has 0 bridgehead atoms. The predicted octanol–water partition coefficient (Wildman–Crippen LogP) is 3.57. The summed E-state index contributed by atoms with van der Waals surface area (Å²) in [4.78, 5) is 47.8. The van der Waals surface area contributed by atoms with E-state index in [4.69, 9.17) is 28.4 Å². The van der Waals surface area contributed by atoms with Gasteiger partial charge in [-0.2, -0.15) is 0 Å².